The van der Waals surface area contributed by atoms with Gasteiger partial charge in [-0.3, -0.25) is 4.79 Å². The van der Waals surface area contributed by atoms with Crippen molar-refractivity contribution in [2.45, 2.75) is 37.1 Å². The summed E-state index contributed by atoms with van der Waals surface area (Å²) in [6.07, 6.45) is -1.84. The molecule has 1 atom stereocenters. The molecule has 0 aliphatic carbocycles. The Morgan fingerprint density at radius 3 is 2.86 bits per heavy atom. The van der Waals surface area contributed by atoms with Crippen molar-refractivity contribution >= 4 is 17.7 Å². The average Bonchev–Trinajstić information content (AvgIpc) is 3.02. The lowest BCUT2D eigenvalue weighted by molar-refractivity contribution is 0.0614. The molecule has 3 nitrogen and oxygen atoms in total. The van der Waals surface area contributed by atoms with Gasteiger partial charge in [0.15, 0.2) is 0 Å². The minimum atomic E-state index is -2.38. The summed E-state index contributed by atoms with van der Waals surface area (Å²) in [5, 5.41) is 3.20. The first-order valence-electron chi connectivity index (χ1n) is 7.65. The molecule has 0 aromatic heterocycles. The first-order valence-corrected chi connectivity index (χ1v) is 8.63. The van der Waals surface area contributed by atoms with Gasteiger partial charge in [-0.2, -0.15) is 0 Å². The zero-order valence-corrected chi connectivity index (χ0v) is 13.5. The topological polar surface area (TPSA) is 32.3 Å². The number of nitrogens with one attached hydrogen (secondary N) is 1. The third-order valence-corrected chi connectivity index (χ3v) is 4.70. The van der Waals surface area contributed by atoms with Gasteiger partial charge in [0, 0.05) is 30.4 Å². The second-order valence-corrected chi connectivity index (χ2v) is 6.56. The van der Waals surface area contributed by atoms with Crippen LogP contribution in [0, 0.1) is 0 Å². The molecule has 0 spiro atoms. The number of thioether (sulfide) groups is 1. The maximum Gasteiger partial charge on any atom is 0.255 e. The van der Waals surface area contributed by atoms with Gasteiger partial charge in [-0.05, 0) is 30.9 Å². The predicted molar refractivity (Wildman–Crippen MR) is 85.8 cm³/mol. The molecule has 1 aliphatic rings. The van der Waals surface area contributed by atoms with Crippen LogP contribution in [0.1, 0.15) is 30.1 Å². The number of amides is 1. The van der Waals surface area contributed by atoms with Crippen LogP contribution in [0.25, 0.3) is 0 Å². The molecule has 1 aromatic carbocycles. The fraction of sp³-hybridized carbons (Fsp3) is 0.562. The molecule has 1 aliphatic heterocycles. The molecule has 1 aromatic rings. The third-order valence-electron chi connectivity index (χ3n) is 3.74. The minimum absolute atomic E-state index is 0.00549. The predicted octanol–water partition coefficient (Wildman–Crippen LogP) is 3.26. The van der Waals surface area contributed by atoms with Crippen LogP contribution in [-0.2, 0) is 0 Å². The molecule has 1 heterocycles. The van der Waals surface area contributed by atoms with Gasteiger partial charge < -0.3 is 10.2 Å². The summed E-state index contributed by atoms with van der Waals surface area (Å²) in [5.41, 5.74) is 0.621. The van der Waals surface area contributed by atoms with Gasteiger partial charge in [0.25, 0.3) is 5.91 Å². The second kappa shape index (κ2) is 8.48. The van der Waals surface area contributed by atoms with Crippen LogP contribution in [0.15, 0.2) is 29.2 Å². The average molecular weight is 328 g/mol. The van der Waals surface area contributed by atoms with Gasteiger partial charge in [-0.25, -0.2) is 8.78 Å². The highest BCUT2D eigenvalue weighted by atomic mass is 32.2. The molecule has 0 radical (unpaired) electrons. The summed E-state index contributed by atoms with van der Waals surface area (Å²) in [6.45, 7) is 3.64. The quantitative estimate of drug-likeness (QED) is 0.780. The van der Waals surface area contributed by atoms with Crippen LogP contribution in [-0.4, -0.2) is 48.7 Å². The number of benzene rings is 1. The fourth-order valence-corrected chi connectivity index (χ4v) is 3.47. The van der Waals surface area contributed by atoms with Crippen molar-refractivity contribution in [3.63, 3.8) is 0 Å². The zero-order valence-electron chi connectivity index (χ0n) is 12.7. The van der Waals surface area contributed by atoms with E-state index in [1.807, 2.05) is 25.1 Å². The smallest absolute Gasteiger partial charge is 0.255 e. The van der Waals surface area contributed by atoms with Crippen LogP contribution in [0.2, 0.25) is 0 Å². The van der Waals surface area contributed by atoms with Crippen LogP contribution >= 0.6 is 11.8 Å². The zero-order chi connectivity index (χ0) is 15.9. The number of carbonyl (C=O) groups is 1. The van der Waals surface area contributed by atoms with Gasteiger partial charge in [0.1, 0.15) is 0 Å². The van der Waals surface area contributed by atoms with Gasteiger partial charge in [0.2, 0.25) is 6.43 Å². The van der Waals surface area contributed by atoms with Crippen molar-refractivity contribution in [1.82, 2.24) is 10.2 Å². The molecule has 0 saturated carbocycles. The Bertz CT molecular complexity index is 493. The highest BCUT2D eigenvalue weighted by Crippen LogP contribution is 2.25. The van der Waals surface area contributed by atoms with Gasteiger partial charge >= 0.3 is 0 Å². The van der Waals surface area contributed by atoms with E-state index in [1.165, 1.54) is 0 Å². The van der Waals surface area contributed by atoms with Gasteiger partial charge in [0.05, 0.1) is 5.56 Å². The SMILES string of the molecule is CCSc1ccccc1C(=O)N(CCC(F)F)[C@H]1CCNC1. The normalized spacial score (nSPS) is 17.9. The molecular weight excluding hydrogens is 306 g/mol. The van der Waals surface area contributed by atoms with E-state index in [9.17, 15) is 13.6 Å². The van der Waals surface area contributed by atoms with Crippen molar-refractivity contribution in [2.24, 2.45) is 0 Å². The minimum Gasteiger partial charge on any atom is -0.334 e. The van der Waals surface area contributed by atoms with Crippen LogP contribution < -0.4 is 5.32 Å². The molecule has 1 fully saturated rings. The van der Waals surface area contributed by atoms with E-state index in [0.29, 0.717) is 12.1 Å². The Labute approximate surface area is 134 Å². The van der Waals surface area contributed by atoms with E-state index in [2.05, 4.69) is 5.32 Å². The van der Waals surface area contributed by atoms with Gasteiger partial charge in [-0.1, -0.05) is 19.1 Å². The van der Waals surface area contributed by atoms with Crippen molar-refractivity contribution in [3.05, 3.63) is 29.8 Å². The maximum atomic E-state index is 12.9. The number of halogens is 2. The maximum absolute atomic E-state index is 12.9. The van der Waals surface area contributed by atoms with E-state index in [4.69, 9.17) is 0 Å². The van der Waals surface area contributed by atoms with Crippen molar-refractivity contribution in [1.29, 1.82) is 0 Å². The lowest BCUT2D eigenvalue weighted by Crippen LogP contribution is -2.42. The molecule has 122 valence electrons. The molecule has 0 unspecified atom stereocenters. The fourth-order valence-electron chi connectivity index (χ4n) is 2.67. The van der Waals surface area contributed by atoms with E-state index < -0.39 is 6.43 Å². The molecular formula is C16H22F2N2OS. The number of rotatable bonds is 7. The Hall–Kier alpha value is -1.14. The monoisotopic (exact) mass is 328 g/mol. The van der Waals surface area contributed by atoms with Crippen molar-refractivity contribution in [3.8, 4) is 0 Å². The second-order valence-electron chi connectivity index (χ2n) is 5.25. The van der Waals surface area contributed by atoms with E-state index in [-0.39, 0.29) is 24.9 Å². The summed E-state index contributed by atoms with van der Waals surface area (Å²) in [6, 6.07) is 7.43. The molecule has 6 heteroatoms. The summed E-state index contributed by atoms with van der Waals surface area (Å²) in [7, 11) is 0. The van der Waals surface area contributed by atoms with E-state index in [1.54, 1.807) is 22.7 Å². The van der Waals surface area contributed by atoms with E-state index in [0.717, 1.165) is 23.6 Å². The first kappa shape index (κ1) is 17.2. The Morgan fingerprint density at radius 1 is 1.45 bits per heavy atom. The van der Waals surface area contributed by atoms with Crippen molar-refractivity contribution in [2.75, 3.05) is 25.4 Å². The summed E-state index contributed by atoms with van der Waals surface area (Å²) in [5.74, 6) is 0.734. The lowest BCUT2D eigenvalue weighted by Gasteiger charge is -2.29. The summed E-state index contributed by atoms with van der Waals surface area (Å²) < 4.78 is 25.2. The lowest BCUT2D eigenvalue weighted by atomic mass is 10.1. The molecule has 2 rings (SSSR count). The van der Waals surface area contributed by atoms with Crippen molar-refractivity contribution < 1.29 is 13.6 Å². The highest BCUT2D eigenvalue weighted by Gasteiger charge is 2.28. The van der Waals surface area contributed by atoms with Crippen LogP contribution in [0.4, 0.5) is 8.78 Å². The Balaban J connectivity index is 2.20. The molecule has 1 amide bonds. The molecule has 1 saturated heterocycles. The van der Waals surface area contributed by atoms with Crippen LogP contribution in [0.3, 0.4) is 0 Å². The number of carbonyl (C=O) groups excluding carboxylic acids is 1. The number of alkyl halides is 2. The number of hydrogen-bond acceptors (Lipinski definition) is 3. The number of hydrogen-bond donors (Lipinski definition) is 1. The van der Waals surface area contributed by atoms with Gasteiger partial charge in [-0.15, -0.1) is 11.8 Å². The third kappa shape index (κ3) is 4.43. The van der Waals surface area contributed by atoms with Crippen LogP contribution in [0.5, 0.6) is 0 Å². The summed E-state index contributed by atoms with van der Waals surface area (Å²) in [4.78, 5) is 15.4. The molecule has 1 N–H and O–H groups in total. The molecule has 0 bridgehead atoms. The highest BCUT2D eigenvalue weighted by molar-refractivity contribution is 7.99. The first-order chi connectivity index (χ1) is 10.6. The molecule has 22 heavy (non-hydrogen) atoms. The number of nitrogens with zero attached hydrogens (tertiary/aromatic N) is 1. The Kier molecular flexibility index (Phi) is 6.64. The van der Waals surface area contributed by atoms with E-state index >= 15 is 0 Å². The largest absolute Gasteiger partial charge is 0.334 e. The summed E-state index contributed by atoms with van der Waals surface area (Å²) >= 11 is 1.60. The standard InChI is InChI=1S/C16H22F2N2OS/c1-2-22-14-6-4-3-5-13(14)16(21)20(10-8-15(17)18)12-7-9-19-11-12/h3-6,12,15,19H,2,7-11H2,1H3/t12-/m0/s1. The Morgan fingerprint density at radius 2 is 2.23 bits per heavy atom.